The zero-order valence-electron chi connectivity index (χ0n) is 15.9. The number of ketones is 1. The van der Waals surface area contributed by atoms with Crippen LogP contribution in [0.1, 0.15) is 20.3 Å². The lowest BCUT2D eigenvalue weighted by Gasteiger charge is -2.21. The highest BCUT2D eigenvalue weighted by molar-refractivity contribution is 6.07. The Kier molecular flexibility index (Phi) is 7.91. The molecule has 1 atom stereocenters. The van der Waals surface area contributed by atoms with Gasteiger partial charge in [-0.3, -0.25) is 14.5 Å². The number of esters is 1. The van der Waals surface area contributed by atoms with Crippen LogP contribution in [0.5, 0.6) is 0 Å². The third-order valence-electron chi connectivity index (χ3n) is 3.81. The minimum absolute atomic E-state index is 0.156. The van der Waals surface area contributed by atoms with Crippen LogP contribution >= 0.6 is 0 Å². The first-order valence-corrected chi connectivity index (χ1v) is 9.05. The van der Waals surface area contributed by atoms with Crippen LogP contribution in [0.25, 0.3) is 0 Å². The van der Waals surface area contributed by atoms with Crippen LogP contribution in [0.4, 0.5) is 11.4 Å². The number of benzene rings is 2. The van der Waals surface area contributed by atoms with E-state index in [-0.39, 0.29) is 11.7 Å². The van der Waals surface area contributed by atoms with Crippen molar-refractivity contribution in [1.82, 2.24) is 0 Å². The van der Waals surface area contributed by atoms with Gasteiger partial charge in [-0.05, 0) is 43.3 Å². The van der Waals surface area contributed by atoms with Gasteiger partial charge < -0.3 is 4.74 Å². The Morgan fingerprint density at radius 2 is 1.43 bits per heavy atom. The fraction of sp³-hybridized carbons (Fsp3) is 0.174. The monoisotopic (exact) mass is 377 g/mol. The van der Waals surface area contributed by atoms with Gasteiger partial charge in [-0.25, -0.2) is 4.79 Å². The average Bonchev–Trinajstić information content (AvgIpc) is 2.72. The van der Waals surface area contributed by atoms with E-state index in [1.807, 2.05) is 60.7 Å². The van der Waals surface area contributed by atoms with Crippen molar-refractivity contribution in [1.29, 1.82) is 0 Å². The molecule has 0 aromatic heterocycles. The molecule has 0 aliphatic heterocycles. The Balaban J connectivity index is 2.10. The molecular weight excluding hydrogens is 354 g/mol. The zero-order valence-corrected chi connectivity index (χ0v) is 15.9. The van der Waals surface area contributed by atoms with E-state index in [0.29, 0.717) is 6.42 Å². The lowest BCUT2D eigenvalue weighted by Crippen LogP contribution is -2.24. The summed E-state index contributed by atoms with van der Waals surface area (Å²) in [6, 6.07) is 18.6. The summed E-state index contributed by atoms with van der Waals surface area (Å²) in [5.41, 5.74) is 1.46. The first-order valence-electron chi connectivity index (χ1n) is 9.05. The van der Waals surface area contributed by atoms with Gasteiger partial charge in [-0.1, -0.05) is 43.3 Å². The van der Waals surface area contributed by atoms with Crippen molar-refractivity contribution < 1.29 is 19.1 Å². The van der Waals surface area contributed by atoms with Gasteiger partial charge in [0, 0.05) is 29.9 Å². The quantitative estimate of drug-likeness (QED) is 0.506. The van der Waals surface area contributed by atoms with Gasteiger partial charge >= 0.3 is 5.97 Å². The summed E-state index contributed by atoms with van der Waals surface area (Å²) in [5.74, 6) is -1.05. The highest BCUT2D eigenvalue weighted by Crippen LogP contribution is 2.25. The molecule has 0 aliphatic rings. The second-order valence-corrected chi connectivity index (χ2v) is 6.00. The Morgan fingerprint density at radius 3 is 1.93 bits per heavy atom. The van der Waals surface area contributed by atoms with Gasteiger partial charge in [-0.15, -0.1) is 0 Å². The van der Waals surface area contributed by atoms with Gasteiger partial charge in [0.1, 0.15) is 6.10 Å². The van der Waals surface area contributed by atoms with Gasteiger partial charge in [0.15, 0.2) is 5.78 Å². The Labute approximate surface area is 164 Å². The van der Waals surface area contributed by atoms with Crippen LogP contribution in [0.3, 0.4) is 0 Å². The zero-order chi connectivity index (χ0) is 20.4. The Bertz CT molecular complexity index is 817. The molecular formula is C23H23NO4. The molecule has 0 bridgehead atoms. The van der Waals surface area contributed by atoms with E-state index in [1.165, 1.54) is 18.2 Å². The number of hydrogen-bond donors (Lipinski definition) is 0. The summed E-state index contributed by atoms with van der Waals surface area (Å²) in [6.45, 7) is 3.35. The number of para-hydroxylation sites is 2. The van der Waals surface area contributed by atoms with Crippen LogP contribution in [0, 0.1) is 0 Å². The van der Waals surface area contributed by atoms with E-state index < -0.39 is 12.1 Å². The summed E-state index contributed by atoms with van der Waals surface area (Å²) in [7, 11) is 0. The molecule has 2 aromatic rings. The van der Waals surface area contributed by atoms with Crippen molar-refractivity contribution >= 4 is 29.0 Å². The normalized spacial score (nSPS) is 12.1. The molecule has 5 heteroatoms. The Hall–Kier alpha value is -3.47. The number of carbonyl (C=O) groups excluding carboxylic acids is 3. The lowest BCUT2D eigenvalue weighted by atomic mass is 10.2. The number of carbonyl (C=O) groups is 3. The van der Waals surface area contributed by atoms with Crippen LogP contribution in [-0.2, 0) is 19.1 Å². The first-order chi connectivity index (χ1) is 13.5. The van der Waals surface area contributed by atoms with Gasteiger partial charge in [0.25, 0.3) is 5.91 Å². The maximum Gasteiger partial charge on any atom is 0.331 e. The van der Waals surface area contributed by atoms with Crippen LogP contribution in [0.15, 0.2) is 85.0 Å². The van der Waals surface area contributed by atoms with Crippen molar-refractivity contribution in [2.75, 3.05) is 4.90 Å². The van der Waals surface area contributed by atoms with Crippen molar-refractivity contribution in [3.05, 3.63) is 85.0 Å². The smallest absolute Gasteiger partial charge is 0.331 e. The van der Waals surface area contributed by atoms with Gasteiger partial charge in [0.2, 0.25) is 0 Å². The van der Waals surface area contributed by atoms with E-state index >= 15 is 0 Å². The number of amides is 1. The first kappa shape index (κ1) is 20.8. The maximum absolute atomic E-state index is 12.8. The SMILES string of the molecule is CCC(=O)/C=C\C(=O)O[C@H](C)/C=C/C(=O)N(c1ccccc1)c1ccccc1. The molecule has 0 fully saturated rings. The predicted molar refractivity (Wildman–Crippen MR) is 109 cm³/mol. The van der Waals surface area contributed by atoms with E-state index in [9.17, 15) is 14.4 Å². The second kappa shape index (κ2) is 10.6. The van der Waals surface area contributed by atoms with E-state index in [1.54, 1.807) is 18.7 Å². The van der Waals surface area contributed by atoms with E-state index in [0.717, 1.165) is 17.5 Å². The summed E-state index contributed by atoms with van der Waals surface area (Å²) < 4.78 is 5.15. The molecule has 144 valence electrons. The molecule has 2 rings (SSSR count). The van der Waals surface area contributed by atoms with Crippen LogP contribution in [0.2, 0.25) is 0 Å². The van der Waals surface area contributed by atoms with Crippen molar-refractivity contribution in [3.63, 3.8) is 0 Å². The summed E-state index contributed by atoms with van der Waals surface area (Å²) in [6.07, 6.45) is 4.87. The fourth-order valence-electron chi connectivity index (χ4n) is 2.39. The molecule has 0 N–H and O–H groups in total. The molecule has 0 spiro atoms. The number of allylic oxidation sites excluding steroid dienone is 1. The predicted octanol–water partition coefficient (Wildman–Crippen LogP) is 4.37. The second-order valence-electron chi connectivity index (χ2n) is 6.00. The maximum atomic E-state index is 12.8. The molecule has 0 heterocycles. The molecule has 0 saturated heterocycles. The lowest BCUT2D eigenvalue weighted by molar-refractivity contribution is -0.140. The standard InChI is InChI=1S/C23H23NO4/c1-3-21(25)15-17-23(27)28-18(2)14-16-22(26)24(19-10-6-4-7-11-19)20-12-8-5-9-13-20/h4-18H,3H2,1-2H3/b16-14+,17-15-/t18-/m1/s1. The third-order valence-corrected chi connectivity index (χ3v) is 3.81. The highest BCUT2D eigenvalue weighted by atomic mass is 16.5. The molecule has 0 radical (unpaired) electrons. The van der Waals surface area contributed by atoms with E-state index in [4.69, 9.17) is 4.74 Å². The van der Waals surface area contributed by atoms with Crippen LogP contribution < -0.4 is 4.90 Å². The number of nitrogens with zero attached hydrogens (tertiary/aromatic N) is 1. The fourth-order valence-corrected chi connectivity index (χ4v) is 2.39. The number of rotatable bonds is 8. The minimum Gasteiger partial charge on any atom is -0.455 e. The number of hydrogen-bond acceptors (Lipinski definition) is 4. The molecule has 28 heavy (non-hydrogen) atoms. The molecule has 5 nitrogen and oxygen atoms in total. The number of anilines is 2. The minimum atomic E-state index is -0.630. The van der Waals surface area contributed by atoms with Gasteiger partial charge in [-0.2, -0.15) is 0 Å². The van der Waals surface area contributed by atoms with Gasteiger partial charge in [0.05, 0.1) is 0 Å². The largest absolute Gasteiger partial charge is 0.455 e. The number of ether oxygens (including phenoxy) is 1. The third kappa shape index (κ3) is 6.36. The van der Waals surface area contributed by atoms with Crippen molar-refractivity contribution in [3.8, 4) is 0 Å². The van der Waals surface area contributed by atoms with Crippen LogP contribution in [-0.4, -0.2) is 23.8 Å². The summed E-state index contributed by atoms with van der Waals surface area (Å²) >= 11 is 0. The molecule has 0 aliphatic carbocycles. The molecule has 0 unspecified atom stereocenters. The molecule has 0 saturated carbocycles. The van der Waals surface area contributed by atoms with Crippen molar-refractivity contribution in [2.45, 2.75) is 26.4 Å². The summed E-state index contributed by atoms with van der Waals surface area (Å²) in [5, 5.41) is 0. The topological polar surface area (TPSA) is 63.7 Å². The molecule has 2 aromatic carbocycles. The van der Waals surface area contributed by atoms with E-state index in [2.05, 4.69) is 0 Å². The molecule has 1 amide bonds. The van der Waals surface area contributed by atoms with Crippen molar-refractivity contribution in [2.24, 2.45) is 0 Å². The highest BCUT2D eigenvalue weighted by Gasteiger charge is 2.15. The Morgan fingerprint density at radius 1 is 0.893 bits per heavy atom. The summed E-state index contributed by atoms with van der Waals surface area (Å²) in [4.78, 5) is 37.3. The average molecular weight is 377 g/mol.